The van der Waals surface area contributed by atoms with E-state index in [1.54, 1.807) is 0 Å². The van der Waals surface area contributed by atoms with Gasteiger partial charge in [-0.2, -0.15) is 0 Å². The van der Waals surface area contributed by atoms with Crippen molar-refractivity contribution < 1.29 is 4.79 Å². The van der Waals surface area contributed by atoms with Crippen LogP contribution in [0.4, 0.5) is 0 Å². The van der Waals surface area contributed by atoms with Crippen molar-refractivity contribution in [2.75, 3.05) is 13.1 Å². The predicted molar refractivity (Wildman–Crippen MR) is 82.7 cm³/mol. The summed E-state index contributed by atoms with van der Waals surface area (Å²) in [5, 5.41) is 0. The average Bonchev–Trinajstić information content (AvgIpc) is 2.50. The summed E-state index contributed by atoms with van der Waals surface area (Å²) in [7, 11) is 0. The topological polar surface area (TPSA) is 20.3 Å². The fourth-order valence-corrected chi connectivity index (χ4v) is 2.47. The Morgan fingerprint density at radius 2 is 1.20 bits per heavy atom. The first-order valence-corrected chi connectivity index (χ1v) is 7.20. The van der Waals surface area contributed by atoms with Crippen molar-refractivity contribution >= 4 is 5.78 Å². The van der Waals surface area contributed by atoms with Gasteiger partial charge in [-0.15, -0.1) is 0 Å². The molecular weight excluding hydrogens is 246 g/mol. The van der Waals surface area contributed by atoms with Gasteiger partial charge in [0.25, 0.3) is 0 Å². The lowest BCUT2D eigenvalue weighted by atomic mass is 9.94. The Morgan fingerprint density at radius 3 is 1.55 bits per heavy atom. The summed E-state index contributed by atoms with van der Waals surface area (Å²) in [6.07, 6.45) is 0. The molecule has 3 rings (SSSR count). The van der Waals surface area contributed by atoms with Crippen LogP contribution in [-0.2, 0) is 4.79 Å². The number of benzene rings is 2. The molecule has 0 N–H and O–H groups in total. The largest absolute Gasteiger partial charge is 0.297 e. The minimum atomic E-state index is 0.199. The molecule has 20 heavy (non-hydrogen) atoms. The Labute approximate surface area is 121 Å². The zero-order valence-corrected chi connectivity index (χ0v) is 12.1. The van der Waals surface area contributed by atoms with Crippen molar-refractivity contribution in [3.8, 4) is 0 Å². The number of carbonyl (C=O) groups excluding carboxylic acids is 1. The second-order valence-electron chi connectivity index (χ2n) is 4.67. The van der Waals surface area contributed by atoms with Crippen molar-refractivity contribution in [3.05, 3.63) is 71.8 Å². The van der Waals surface area contributed by atoms with Crippen LogP contribution in [0.1, 0.15) is 31.0 Å². The number of hydrogen-bond donors (Lipinski definition) is 0. The highest BCUT2D eigenvalue weighted by molar-refractivity contribution is 5.88. The minimum absolute atomic E-state index is 0.199. The van der Waals surface area contributed by atoms with Crippen molar-refractivity contribution in [2.24, 2.45) is 0 Å². The molecule has 1 aliphatic heterocycles. The van der Waals surface area contributed by atoms with Gasteiger partial charge in [0.05, 0.1) is 19.1 Å². The predicted octanol–water partition coefficient (Wildman–Crippen LogP) is 3.69. The maximum Gasteiger partial charge on any atom is 0.160 e. The second-order valence-corrected chi connectivity index (χ2v) is 4.67. The van der Waals surface area contributed by atoms with E-state index in [2.05, 4.69) is 29.2 Å². The highest BCUT2D eigenvalue weighted by Gasteiger charge is 2.32. The molecule has 0 radical (unpaired) electrons. The van der Waals surface area contributed by atoms with E-state index in [-0.39, 0.29) is 6.04 Å². The third kappa shape index (κ3) is 3.14. The number of rotatable bonds is 3. The van der Waals surface area contributed by atoms with Crippen LogP contribution >= 0.6 is 0 Å². The molecule has 2 aromatic rings. The van der Waals surface area contributed by atoms with Gasteiger partial charge in [-0.05, 0) is 11.1 Å². The Bertz CT molecular complexity index is 488. The summed E-state index contributed by atoms with van der Waals surface area (Å²) in [5.41, 5.74) is 2.49. The number of Topliss-reactive ketones (excluding diaryl/α,β-unsaturated/α-hetero) is 1. The van der Waals surface area contributed by atoms with E-state index in [0.717, 1.165) is 0 Å². The standard InChI is InChI=1S/C16H15NO.C2H6/c18-15-11-17(12-15)16(13-7-3-1-4-8-13)14-9-5-2-6-10-14;1-2/h1-10,16H,11-12H2;1-2H3. The zero-order chi connectivity index (χ0) is 14.4. The molecule has 2 aromatic carbocycles. The molecule has 0 unspecified atom stereocenters. The smallest absolute Gasteiger partial charge is 0.160 e. The van der Waals surface area contributed by atoms with E-state index >= 15 is 0 Å². The van der Waals surface area contributed by atoms with Crippen LogP contribution in [0.5, 0.6) is 0 Å². The fraction of sp³-hybridized carbons (Fsp3) is 0.278. The first-order chi connectivity index (χ1) is 9.84. The minimum Gasteiger partial charge on any atom is -0.297 e. The molecule has 1 heterocycles. The van der Waals surface area contributed by atoms with Gasteiger partial charge in [-0.1, -0.05) is 74.5 Å². The van der Waals surface area contributed by atoms with Gasteiger partial charge in [0.1, 0.15) is 0 Å². The molecule has 104 valence electrons. The van der Waals surface area contributed by atoms with Crippen LogP contribution in [0.25, 0.3) is 0 Å². The summed E-state index contributed by atoms with van der Waals surface area (Å²) in [5.74, 6) is 0.326. The fourth-order valence-electron chi connectivity index (χ4n) is 2.47. The third-order valence-electron chi connectivity index (χ3n) is 3.35. The number of ketones is 1. The van der Waals surface area contributed by atoms with Crippen LogP contribution in [-0.4, -0.2) is 23.8 Å². The Kier molecular flexibility index (Phi) is 5.08. The van der Waals surface area contributed by atoms with Gasteiger partial charge >= 0.3 is 0 Å². The van der Waals surface area contributed by atoms with E-state index in [1.807, 2.05) is 50.2 Å². The summed E-state index contributed by atoms with van der Waals surface area (Å²) < 4.78 is 0. The van der Waals surface area contributed by atoms with Gasteiger partial charge < -0.3 is 0 Å². The summed E-state index contributed by atoms with van der Waals surface area (Å²) >= 11 is 0. The van der Waals surface area contributed by atoms with E-state index in [4.69, 9.17) is 0 Å². The number of hydrogen-bond acceptors (Lipinski definition) is 2. The number of nitrogens with zero attached hydrogens (tertiary/aromatic N) is 1. The van der Waals surface area contributed by atoms with E-state index < -0.39 is 0 Å². The molecule has 0 bridgehead atoms. The van der Waals surface area contributed by atoms with Crippen LogP contribution in [0.2, 0.25) is 0 Å². The third-order valence-corrected chi connectivity index (χ3v) is 3.35. The average molecular weight is 267 g/mol. The maximum atomic E-state index is 11.2. The molecule has 0 aliphatic carbocycles. The lowest BCUT2D eigenvalue weighted by molar-refractivity contribution is -0.130. The molecule has 1 saturated heterocycles. The van der Waals surface area contributed by atoms with Crippen molar-refractivity contribution in [1.29, 1.82) is 0 Å². The van der Waals surface area contributed by atoms with E-state index in [9.17, 15) is 4.79 Å². The molecule has 1 aliphatic rings. The lowest BCUT2D eigenvalue weighted by Gasteiger charge is -2.37. The Morgan fingerprint density at radius 1 is 0.800 bits per heavy atom. The molecule has 2 nitrogen and oxygen atoms in total. The molecule has 0 amide bonds. The zero-order valence-electron chi connectivity index (χ0n) is 12.1. The lowest BCUT2D eigenvalue weighted by Crippen LogP contribution is -2.49. The van der Waals surface area contributed by atoms with E-state index in [1.165, 1.54) is 11.1 Å². The maximum absolute atomic E-state index is 11.2. The monoisotopic (exact) mass is 267 g/mol. The highest BCUT2D eigenvalue weighted by Crippen LogP contribution is 2.30. The van der Waals surface area contributed by atoms with Crippen molar-refractivity contribution in [2.45, 2.75) is 19.9 Å². The highest BCUT2D eigenvalue weighted by atomic mass is 16.1. The van der Waals surface area contributed by atoms with Crippen molar-refractivity contribution in [1.82, 2.24) is 4.90 Å². The second kappa shape index (κ2) is 7.01. The van der Waals surface area contributed by atoms with Gasteiger partial charge in [-0.25, -0.2) is 0 Å². The molecule has 0 spiro atoms. The van der Waals surface area contributed by atoms with Crippen LogP contribution in [0, 0.1) is 0 Å². The van der Waals surface area contributed by atoms with Gasteiger partial charge in [0.15, 0.2) is 5.78 Å². The van der Waals surface area contributed by atoms with Gasteiger partial charge in [-0.3, -0.25) is 9.69 Å². The van der Waals surface area contributed by atoms with Gasteiger partial charge in [0.2, 0.25) is 0 Å². The summed E-state index contributed by atoms with van der Waals surface area (Å²) in [4.78, 5) is 13.5. The molecular formula is C18H21NO. The molecule has 0 saturated carbocycles. The summed E-state index contributed by atoms with van der Waals surface area (Å²) in [6, 6.07) is 20.9. The molecule has 0 aromatic heterocycles. The molecule has 0 atom stereocenters. The van der Waals surface area contributed by atoms with E-state index in [0.29, 0.717) is 18.9 Å². The first-order valence-electron chi connectivity index (χ1n) is 7.20. The molecule has 1 fully saturated rings. The van der Waals surface area contributed by atoms with Gasteiger partial charge in [0, 0.05) is 0 Å². The normalized spacial score (nSPS) is 14.4. The van der Waals surface area contributed by atoms with Crippen LogP contribution < -0.4 is 0 Å². The number of carbonyl (C=O) groups is 1. The van der Waals surface area contributed by atoms with Crippen LogP contribution in [0.15, 0.2) is 60.7 Å². The SMILES string of the molecule is CC.O=C1CN(C(c2ccccc2)c2ccccc2)C1. The number of likely N-dealkylation sites (tertiary alicyclic amines) is 1. The Balaban J connectivity index is 0.000000704. The summed E-state index contributed by atoms with van der Waals surface area (Å²) in [6.45, 7) is 5.13. The van der Waals surface area contributed by atoms with Crippen LogP contribution in [0.3, 0.4) is 0 Å². The quantitative estimate of drug-likeness (QED) is 0.845. The Hall–Kier alpha value is -1.93. The first kappa shape index (κ1) is 14.5. The van der Waals surface area contributed by atoms with Crippen molar-refractivity contribution in [3.63, 3.8) is 0 Å². The molecule has 2 heteroatoms.